The van der Waals surface area contributed by atoms with Gasteiger partial charge in [0.2, 0.25) is 21.7 Å². The Morgan fingerprint density at radius 3 is 2.21 bits per heavy atom. The second-order valence-electron chi connectivity index (χ2n) is 6.69. The second kappa shape index (κ2) is 8.24. The fourth-order valence-electron chi connectivity index (χ4n) is 3.31. The quantitative estimate of drug-likeness (QED) is 0.517. The maximum absolute atomic E-state index is 12.8. The first-order valence-electron chi connectivity index (χ1n) is 8.90. The van der Waals surface area contributed by atoms with Gasteiger partial charge in [-0.3, -0.25) is 0 Å². The van der Waals surface area contributed by atoms with Gasteiger partial charge in [-0.1, -0.05) is 46.0 Å². The summed E-state index contributed by atoms with van der Waals surface area (Å²) in [5, 5.41) is 5.38. The molecule has 0 saturated carbocycles. The molecule has 0 atom stereocenters. The summed E-state index contributed by atoms with van der Waals surface area (Å²) in [5.74, 6) is 0.750. The van der Waals surface area contributed by atoms with E-state index in [1.165, 1.54) is 16.4 Å². The van der Waals surface area contributed by atoms with Crippen LogP contribution in [-0.4, -0.2) is 36.0 Å². The van der Waals surface area contributed by atoms with Crippen LogP contribution >= 0.6 is 34.8 Å². The van der Waals surface area contributed by atoms with Crippen molar-refractivity contribution in [2.75, 3.05) is 13.1 Å². The lowest BCUT2D eigenvalue weighted by molar-refractivity contribution is 0.271. The smallest absolute Gasteiger partial charge is 0.243 e. The van der Waals surface area contributed by atoms with Crippen LogP contribution in [-0.2, 0) is 10.0 Å². The molecule has 6 nitrogen and oxygen atoms in total. The molecule has 0 spiro atoms. The first kappa shape index (κ1) is 20.6. The van der Waals surface area contributed by atoms with Gasteiger partial charge in [-0.2, -0.15) is 9.29 Å². The molecule has 1 aliphatic rings. The number of hydrogen-bond donors (Lipinski definition) is 0. The number of benzene rings is 2. The van der Waals surface area contributed by atoms with Gasteiger partial charge in [0.1, 0.15) is 0 Å². The molecule has 0 unspecified atom stereocenters. The molecule has 152 valence electrons. The summed E-state index contributed by atoms with van der Waals surface area (Å²) in [5.41, 5.74) is 0.522. The highest BCUT2D eigenvalue weighted by Gasteiger charge is 2.32. The average molecular weight is 473 g/mol. The third-order valence-corrected chi connectivity index (χ3v) is 7.68. The van der Waals surface area contributed by atoms with E-state index in [1.54, 1.807) is 30.3 Å². The van der Waals surface area contributed by atoms with Crippen LogP contribution in [0.15, 0.2) is 51.9 Å². The topological polar surface area (TPSA) is 76.3 Å². The number of piperidine rings is 1. The maximum atomic E-state index is 12.8. The second-order valence-corrected chi connectivity index (χ2v) is 9.87. The predicted molar refractivity (Wildman–Crippen MR) is 112 cm³/mol. The molecule has 1 fully saturated rings. The molecule has 1 aromatic heterocycles. The summed E-state index contributed by atoms with van der Waals surface area (Å²) < 4.78 is 32.5. The van der Waals surface area contributed by atoms with Gasteiger partial charge < -0.3 is 4.52 Å². The molecule has 1 aliphatic heterocycles. The van der Waals surface area contributed by atoms with Gasteiger partial charge >= 0.3 is 0 Å². The molecule has 4 rings (SSSR count). The van der Waals surface area contributed by atoms with Crippen LogP contribution < -0.4 is 0 Å². The van der Waals surface area contributed by atoms with Crippen molar-refractivity contribution in [3.05, 3.63) is 63.4 Å². The van der Waals surface area contributed by atoms with Gasteiger partial charge in [-0.25, -0.2) is 8.42 Å². The molecule has 29 heavy (non-hydrogen) atoms. The fourth-order valence-corrected chi connectivity index (χ4v) is 5.47. The van der Waals surface area contributed by atoms with Crippen molar-refractivity contribution in [2.45, 2.75) is 23.7 Å². The largest absolute Gasteiger partial charge is 0.339 e. The van der Waals surface area contributed by atoms with Crippen molar-refractivity contribution < 1.29 is 12.9 Å². The Morgan fingerprint density at radius 2 is 1.59 bits per heavy atom. The van der Waals surface area contributed by atoms with Crippen molar-refractivity contribution in [1.29, 1.82) is 0 Å². The van der Waals surface area contributed by atoms with E-state index < -0.39 is 10.0 Å². The van der Waals surface area contributed by atoms with E-state index in [2.05, 4.69) is 10.1 Å². The highest BCUT2D eigenvalue weighted by Crippen LogP contribution is 2.35. The monoisotopic (exact) mass is 471 g/mol. The summed E-state index contributed by atoms with van der Waals surface area (Å²) in [6.07, 6.45) is 1.15. The van der Waals surface area contributed by atoms with E-state index in [9.17, 15) is 8.42 Å². The summed E-state index contributed by atoms with van der Waals surface area (Å²) in [4.78, 5) is 4.68. The first-order valence-corrected chi connectivity index (χ1v) is 11.5. The molecule has 0 bridgehead atoms. The van der Waals surface area contributed by atoms with Crippen LogP contribution in [0.2, 0.25) is 15.1 Å². The van der Waals surface area contributed by atoms with E-state index >= 15 is 0 Å². The molecule has 0 N–H and O–H groups in total. The Balaban J connectivity index is 1.48. The third kappa shape index (κ3) is 4.15. The van der Waals surface area contributed by atoms with Crippen molar-refractivity contribution in [2.24, 2.45) is 0 Å². The Morgan fingerprint density at radius 1 is 0.966 bits per heavy atom. The summed E-state index contributed by atoms with van der Waals surface area (Å²) in [6.45, 7) is 0.723. The van der Waals surface area contributed by atoms with Crippen LogP contribution in [0.5, 0.6) is 0 Å². The van der Waals surface area contributed by atoms with Gasteiger partial charge in [0.15, 0.2) is 0 Å². The Labute approximate surface area is 183 Å². The highest BCUT2D eigenvalue weighted by atomic mass is 35.5. The summed E-state index contributed by atoms with van der Waals surface area (Å²) in [6, 6.07) is 11.3. The number of sulfonamides is 1. The highest BCUT2D eigenvalue weighted by molar-refractivity contribution is 7.89. The van der Waals surface area contributed by atoms with Crippen LogP contribution in [0.1, 0.15) is 24.7 Å². The first-order chi connectivity index (χ1) is 13.9. The average Bonchev–Trinajstić information content (AvgIpc) is 3.18. The maximum Gasteiger partial charge on any atom is 0.243 e. The minimum atomic E-state index is -3.56. The Bertz CT molecular complexity index is 1100. The Kier molecular flexibility index (Phi) is 5.86. The van der Waals surface area contributed by atoms with Crippen molar-refractivity contribution in [3.8, 4) is 11.4 Å². The van der Waals surface area contributed by atoms with E-state index in [0.717, 1.165) is 0 Å². The van der Waals surface area contributed by atoms with Gasteiger partial charge in [0.25, 0.3) is 0 Å². The van der Waals surface area contributed by atoms with Crippen LogP contribution in [0.25, 0.3) is 11.4 Å². The fraction of sp³-hybridized carbons (Fsp3) is 0.263. The summed E-state index contributed by atoms with van der Waals surface area (Å²) >= 11 is 18.3. The predicted octanol–water partition coefficient (Wildman–Crippen LogP) is 5.27. The minimum absolute atomic E-state index is 0.0332. The zero-order chi connectivity index (χ0) is 20.6. The zero-order valence-electron chi connectivity index (χ0n) is 15.1. The number of hydrogen-bond acceptors (Lipinski definition) is 5. The van der Waals surface area contributed by atoms with Crippen LogP contribution in [0.4, 0.5) is 0 Å². The lowest BCUT2D eigenvalue weighted by Crippen LogP contribution is -2.37. The number of rotatable bonds is 4. The van der Waals surface area contributed by atoms with Crippen LogP contribution in [0, 0.1) is 0 Å². The number of aromatic nitrogens is 2. The third-order valence-electron chi connectivity index (χ3n) is 4.88. The minimum Gasteiger partial charge on any atom is -0.339 e. The van der Waals surface area contributed by atoms with E-state index in [0.29, 0.717) is 58.3 Å². The molecule has 0 amide bonds. The van der Waals surface area contributed by atoms with Crippen molar-refractivity contribution in [3.63, 3.8) is 0 Å². The normalized spacial score (nSPS) is 16.2. The molecule has 0 aliphatic carbocycles. The van der Waals surface area contributed by atoms with Gasteiger partial charge in [-0.05, 0) is 49.2 Å². The standard InChI is InChI=1S/C19H16Cl3N3O3S/c20-13-4-6-14(7-5-13)29(26,27)25-10-8-12(9-11-25)19-23-18(24-28-19)17-15(21)2-1-3-16(17)22/h1-7,12H,8-11H2. The van der Waals surface area contributed by atoms with E-state index in [1.807, 2.05) is 0 Å². The van der Waals surface area contributed by atoms with E-state index in [4.69, 9.17) is 39.3 Å². The molecule has 1 saturated heterocycles. The molecule has 3 aromatic rings. The lowest BCUT2D eigenvalue weighted by Gasteiger charge is -2.29. The van der Waals surface area contributed by atoms with Gasteiger partial charge in [-0.15, -0.1) is 0 Å². The molecule has 10 heteroatoms. The Hall–Kier alpha value is -1.64. The van der Waals surface area contributed by atoms with Crippen molar-refractivity contribution >= 4 is 44.8 Å². The molecule has 2 aromatic carbocycles. The van der Waals surface area contributed by atoms with E-state index in [-0.39, 0.29) is 10.8 Å². The zero-order valence-corrected chi connectivity index (χ0v) is 18.1. The van der Waals surface area contributed by atoms with Gasteiger partial charge in [0, 0.05) is 24.0 Å². The number of nitrogens with zero attached hydrogens (tertiary/aromatic N) is 3. The van der Waals surface area contributed by atoms with Gasteiger partial charge in [0.05, 0.1) is 20.5 Å². The molecular weight excluding hydrogens is 457 g/mol. The lowest BCUT2D eigenvalue weighted by atomic mass is 9.98. The SMILES string of the molecule is O=S(=O)(c1ccc(Cl)cc1)N1CCC(c2nc(-c3c(Cl)cccc3Cl)no2)CC1. The van der Waals surface area contributed by atoms with Crippen LogP contribution in [0.3, 0.4) is 0 Å². The van der Waals surface area contributed by atoms with Crippen molar-refractivity contribution in [1.82, 2.24) is 14.4 Å². The number of halogens is 3. The molecular formula is C19H16Cl3N3O3S. The summed E-state index contributed by atoms with van der Waals surface area (Å²) in [7, 11) is -3.56. The molecule has 0 radical (unpaired) electrons. The molecule has 2 heterocycles.